The van der Waals surface area contributed by atoms with Gasteiger partial charge in [-0.25, -0.2) is 4.98 Å². The number of para-hydroxylation sites is 1. The van der Waals surface area contributed by atoms with Crippen LogP contribution >= 0.6 is 0 Å². The largest absolute Gasteiger partial charge is 0.370 e. The standard InChI is InChI=1S/C17H17N5/c1-2-18-16-12-15(14-10-6-7-11-19-14)21-17(22-16)20-13-8-4-3-5-9-13/h3-12H,2H2,1H3,(H2,18,20,21,22). The van der Waals surface area contributed by atoms with E-state index in [0.717, 1.165) is 29.4 Å². The summed E-state index contributed by atoms with van der Waals surface area (Å²) < 4.78 is 0. The molecule has 0 spiro atoms. The molecule has 0 aliphatic carbocycles. The lowest BCUT2D eigenvalue weighted by molar-refractivity contribution is 1.11. The molecule has 0 saturated heterocycles. The SMILES string of the molecule is CCNc1cc(-c2ccccn2)nc(Nc2ccccc2)n1. The third-order valence-electron chi connectivity index (χ3n) is 3.04. The van der Waals surface area contributed by atoms with Gasteiger partial charge in [-0.2, -0.15) is 4.98 Å². The molecule has 0 fully saturated rings. The number of pyridine rings is 1. The highest BCUT2D eigenvalue weighted by Gasteiger charge is 2.07. The van der Waals surface area contributed by atoms with Crippen LogP contribution in [0.1, 0.15) is 6.92 Å². The van der Waals surface area contributed by atoms with Crippen LogP contribution in [0.3, 0.4) is 0 Å². The molecule has 5 heteroatoms. The van der Waals surface area contributed by atoms with Gasteiger partial charge in [0.15, 0.2) is 0 Å². The van der Waals surface area contributed by atoms with Gasteiger partial charge in [0, 0.05) is 24.5 Å². The van der Waals surface area contributed by atoms with Gasteiger partial charge in [0.05, 0.1) is 11.4 Å². The quantitative estimate of drug-likeness (QED) is 0.750. The highest BCUT2D eigenvalue weighted by Crippen LogP contribution is 2.21. The van der Waals surface area contributed by atoms with E-state index in [9.17, 15) is 0 Å². The number of hydrogen-bond donors (Lipinski definition) is 2. The zero-order valence-electron chi connectivity index (χ0n) is 12.3. The maximum atomic E-state index is 4.56. The number of hydrogen-bond acceptors (Lipinski definition) is 5. The summed E-state index contributed by atoms with van der Waals surface area (Å²) in [5, 5.41) is 6.45. The van der Waals surface area contributed by atoms with Gasteiger partial charge in [0.2, 0.25) is 5.95 Å². The average molecular weight is 291 g/mol. The second kappa shape index (κ2) is 6.67. The number of nitrogens with one attached hydrogen (secondary N) is 2. The highest BCUT2D eigenvalue weighted by atomic mass is 15.1. The summed E-state index contributed by atoms with van der Waals surface area (Å²) in [5.41, 5.74) is 2.55. The van der Waals surface area contributed by atoms with E-state index in [1.54, 1.807) is 6.20 Å². The second-order valence-electron chi connectivity index (χ2n) is 4.70. The second-order valence-corrected chi connectivity index (χ2v) is 4.70. The van der Waals surface area contributed by atoms with Crippen LogP contribution in [0.4, 0.5) is 17.5 Å². The fraction of sp³-hybridized carbons (Fsp3) is 0.118. The normalized spacial score (nSPS) is 10.2. The van der Waals surface area contributed by atoms with Gasteiger partial charge in [0.25, 0.3) is 0 Å². The average Bonchev–Trinajstić information content (AvgIpc) is 2.57. The first-order valence-corrected chi connectivity index (χ1v) is 7.21. The van der Waals surface area contributed by atoms with Crippen LogP contribution in [0, 0.1) is 0 Å². The van der Waals surface area contributed by atoms with Crippen LogP contribution in [0.25, 0.3) is 11.4 Å². The molecule has 5 nitrogen and oxygen atoms in total. The lowest BCUT2D eigenvalue weighted by Gasteiger charge is -2.10. The maximum Gasteiger partial charge on any atom is 0.229 e. The maximum absolute atomic E-state index is 4.56. The smallest absolute Gasteiger partial charge is 0.229 e. The Kier molecular flexibility index (Phi) is 4.25. The molecule has 0 bridgehead atoms. The molecule has 2 aromatic heterocycles. The van der Waals surface area contributed by atoms with Gasteiger partial charge in [-0.05, 0) is 31.2 Å². The van der Waals surface area contributed by atoms with Crippen molar-refractivity contribution in [2.75, 3.05) is 17.2 Å². The Morgan fingerprint density at radius 3 is 2.45 bits per heavy atom. The van der Waals surface area contributed by atoms with Crippen LogP contribution in [-0.2, 0) is 0 Å². The molecule has 0 saturated carbocycles. The molecule has 2 N–H and O–H groups in total. The Morgan fingerprint density at radius 1 is 0.909 bits per heavy atom. The lowest BCUT2D eigenvalue weighted by Crippen LogP contribution is -2.05. The molecule has 2 heterocycles. The van der Waals surface area contributed by atoms with Crippen LogP contribution in [0.15, 0.2) is 60.8 Å². The summed E-state index contributed by atoms with van der Waals surface area (Å²) >= 11 is 0. The Morgan fingerprint density at radius 2 is 1.73 bits per heavy atom. The van der Waals surface area contributed by atoms with Gasteiger partial charge >= 0.3 is 0 Å². The van der Waals surface area contributed by atoms with Crippen molar-refractivity contribution in [2.24, 2.45) is 0 Å². The Bertz CT molecular complexity index is 729. The van der Waals surface area contributed by atoms with E-state index >= 15 is 0 Å². The van der Waals surface area contributed by atoms with Crippen LogP contribution in [0.5, 0.6) is 0 Å². The van der Waals surface area contributed by atoms with Crippen molar-refractivity contribution in [1.29, 1.82) is 0 Å². The Balaban J connectivity index is 1.97. The van der Waals surface area contributed by atoms with E-state index in [1.807, 2.05) is 61.5 Å². The number of rotatable bonds is 5. The summed E-state index contributed by atoms with van der Waals surface area (Å²) in [6, 6.07) is 17.5. The van der Waals surface area contributed by atoms with Crippen LogP contribution < -0.4 is 10.6 Å². The zero-order valence-corrected chi connectivity index (χ0v) is 12.3. The number of benzene rings is 1. The topological polar surface area (TPSA) is 62.7 Å². The molecule has 0 aliphatic rings. The highest BCUT2D eigenvalue weighted by molar-refractivity contribution is 5.63. The minimum absolute atomic E-state index is 0.547. The van der Waals surface area contributed by atoms with E-state index in [1.165, 1.54) is 0 Å². The third-order valence-corrected chi connectivity index (χ3v) is 3.04. The van der Waals surface area contributed by atoms with Gasteiger partial charge in [0.1, 0.15) is 5.82 Å². The predicted octanol–water partition coefficient (Wildman–Crippen LogP) is 3.71. The first kappa shape index (κ1) is 14.0. The summed E-state index contributed by atoms with van der Waals surface area (Å²) in [6.45, 7) is 2.83. The van der Waals surface area contributed by atoms with Crippen molar-refractivity contribution in [3.05, 3.63) is 60.8 Å². The van der Waals surface area contributed by atoms with E-state index in [0.29, 0.717) is 5.95 Å². The molecule has 0 atom stereocenters. The first-order valence-electron chi connectivity index (χ1n) is 7.21. The van der Waals surface area contributed by atoms with E-state index in [-0.39, 0.29) is 0 Å². The minimum atomic E-state index is 0.547. The molecule has 110 valence electrons. The molecular weight excluding hydrogens is 274 g/mol. The summed E-state index contributed by atoms with van der Waals surface area (Å²) in [5.74, 6) is 1.32. The molecule has 22 heavy (non-hydrogen) atoms. The zero-order chi connectivity index (χ0) is 15.2. The lowest BCUT2D eigenvalue weighted by atomic mass is 10.2. The van der Waals surface area contributed by atoms with E-state index in [4.69, 9.17) is 0 Å². The molecular formula is C17H17N5. The van der Waals surface area contributed by atoms with Crippen LogP contribution in [-0.4, -0.2) is 21.5 Å². The van der Waals surface area contributed by atoms with Gasteiger partial charge in [-0.15, -0.1) is 0 Å². The molecule has 3 aromatic rings. The Labute approximate surface area is 129 Å². The minimum Gasteiger partial charge on any atom is -0.370 e. The van der Waals surface area contributed by atoms with Crippen molar-refractivity contribution < 1.29 is 0 Å². The fourth-order valence-corrected chi connectivity index (χ4v) is 2.07. The van der Waals surface area contributed by atoms with Crippen molar-refractivity contribution in [3.63, 3.8) is 0 Å². The number of aromatic nitrogens is 3. The third kappa shape index (κ3) is 3.38. The molecule has 0 aliphatic heterocycles. The van der Waals surface area contributed by atoms with E-state index < -0.39 is 0 Å². The molecule has 0 amide bonds. The van der Waals surface area contributed by atoms with Gasteiger partial charge < -0.3 is 10.6 Å². The summed E-state index contributed by atoms with van der Waals surface area (Å²) in [4.78, 5) is 13.4. The molecule has 3 rings (SSSR count). The van der Waals surface area contributed by atoms with Crippen molar-refractivity contribution in [1.82, 2.24) is 15.0 Å². The number of nitrogens with zero attached hydrogens (tertiary/aromatic N) is 3. The fourth-order valence-electron chi connectivity index (χ4n) is 2.07. The van der Waals surface area contributed by atoms with Crippen molar-refractivity contribution in [2.45, 2.75) is 6.92 Å². The van der Waals surface area contributed by atoms with Crippen molar-refractivity contribution in [3.8, 4) is 11.4 Å². The summed E-state index contributed by atoms with van der Waals surface area (Å²) in [7, 11) is 0. The van der Waals surface area contributed by atoms with Crippen molar-refractivity contribution >= 4 is 17.5 Å². The number of anilines is 3. The summed E-state index contributed by atoms with van der Waals surface area (Å²) in [6.07, 6.45) is 1.76. The predicted molar refractivity (Wildman–Crippen MR) is 89.2 cm³/mol. The van der Waals surface area contributed by atoms with Crippen LogP contribution in [0.2, 0.25) is 0 Å². The van der Waals surface area contributed by atoms with Gasteiger partial charge in [-0.1, -0.05) is 24.3 Å². The molecule has 1 aromatic carbocycles. The Hall–Kier alpha value is -2.95. The first-order chi connectivity index (χ1) is 10.8. The molecule has 0 radical (unpaired) electrons. The molecule has 0 unspecified atom stereocenters. The van der Waals surface area contributed by atoms with Gasteiger partial charge in [-0.3, -0.25) is 4.98 Å². The monoisotopic (exact) mass is 291 g/mol. The van der Waals surface area contributed by atoms with E-state index in [2.05, 4.69) is 25.6 Å².